The van der Waals surface area contributed by atoms with E-state index in [2.05, 4.69) is 16.1 Å². The summed E-state index contributed by atoms with van der Waals surface area (Å²) in [6, 6.07) is 4.13. The third-order valence-electron chi connectivity index (χ3n) is 3.63. The van der Waals surface area contributed by atoms with Gasteiger partial charge in [-0.05, 0) is 18.2 Å². The molecular formula is C16H20N2O3S. The molecule has 0 spiro atoms. The van der Waals surface area contributed by atoms with Crippen molar-refractivity contribution in [3.8, 4) is 0 Å². The number of hydrogen-bond donors (Lipinski definition) is 0. The van der Waals surface area contributed by atoms with Crippen LogP contribution in [0.3, 0.4) is 0 Å². The van der Waals surface area contributed by atoms with Gasteiger partial charge in [-0.1, -0.05) is 25.9 Å². The summed E-state index contributed by atoms with van der Waals surface area (Å²) in [5, 5.41) is 5.14. The minimum Gasteiger partial charge on any atom is -0.378 e. The van der Waals surface area contributed by atoms with Gasteiger partial charge in [0.25, 0.3) is 0 Å². The second-order valence-electron chi connectivity index (χ2n) is 6.40. The summed E-state index contributed by atoms with van der Waals surface area (Å²) in [4.78, 5) is 20.1. The third-order valence-corrected chi connectivity index (χ3v) is 4.72. The molecule has 3 heterocycles. The summed E-state index contributed by atoms with van der Waals surface area (Å²) >= 11 is 1.67. The lowest BCUT2D eigenvalue weighted by Gasteiger charge is -2.27. The zero-order chi connectivity index (χ0) is 15.7. The molecule has 1 saturated heterocycles. The Morgan fingerprint density at radius 1 is 1.27 bits per heavy atom. The van der Waals surface area contributed by atoms with E-state index in [1.54, 1.807) is 11.3 Å². The van der Waals surface area contributed by atoms with Gasteiger partial charge in [0, 0.05) is 23.4 Å². The van der Waals surface area contributed by atoms with Gasteiger partial charge in [-0.15, -0.1) is 11.3 Å². The number of ether oxygens (including phenoxy) is 1. The van der Waals surface area contributed by atoms with E-state index in [1.165, 1.54) is 5.00 Å². The number of thiophene rings is 1. The first kappa shape index (κ1) is 15.2. The van der Waals surface area contributed by atoms with Crippen LogP contribution in [-0.4, -0.2) is 38.0 Å². The van der Waals surface area contributed by atoms with Gasteiger partial charge in [0.15, 0.2) is 0 Å². The molecule has 0 radical (unpaired) electrons. The van der Waals surface area contributed by atoms with Crippen LogP contribution in [0.25, 0.3) is 6.08 Å². The monoisotopic (exact) mass is 320 g/mol. The smallest absolute Gasteiger partial charge is 0.367 e. The van der Waals surface area contributed by atoms with Crippen molar-refractivity contribution in [1.29, 1.82) is 0 Å². The van der Waals surface area contributed by atoms with Gasteiger partial charge < -0.3 is 14.5 Å². The molecule has 0 atom stereocenters. The predicted molar refractivity (Wildman–Crippen MR) is 88.3 cm³/mol. The third kappa shape index (κ3) is 3.08. The van der Waals surface area contributed by atoms with E-state index >= 15 is 0 Å². The van der Waals surface area contributed by atoms with E-state index < -0.39 is 0 Å². The minimum atomic E-state index is -0.369. The van der Waals surface area contributed by atoms with Crippen molar-refractivity contribution in [2.45, 2.75) is 20.8 Å². The average molecular weight is 320 g/mol. The molecule has 118 valence electrons. The number of oxime groups is 1. The SMILES string of the molecule is CC(C)(C)C1=NOC(=O)C1=Cc1ccc(N2CCOCC2)s1. The summed E-state index contributed by atoms with van der Waals surface area (Å²) in [7, 11) is 0. The van der Waals surface area contributed by atoms with Gasteiger partial charge in [0.2, 0.25) is 0 Å². The van der Waals surface area contributed by atoms with Gasteiger partial charge in [-0.25, -0.2) is 4.79 Å². The van der Waals surface area contributed by atoms with Crippen LogP contribution < -0.4 is 4.90 Å². The van der Waals surface area contributed by atoms with Crippen molar-refractivity contribution in [2.75, 3.05) is 31.2 Å². The van der Waals surface area contributed by atoms with Gasteiger partial charge in [-0.3, -0.25) is 0 Å². The van der Waals surface area contributed by atoms with Crippen LogP contribution in [0.1, 0.15) is 25.6 Å². The highest BCUT2D eigenvalue weighted by Crippen LogP contribution is 2.32. The molecule has 6 heteroatoms. The Balaban J connectivity index is 1.84. The molecule has 0 aromatic carbocycles. The van der Waals surface area contributed by atoms with E-state index in [0.717, 1.165) is 31.2 Å². The van der Waals surface area contributed by atoms with Crippen molar-refractivity contribution < 1.29 is 14.4 Å². The van der Waals surface area contributed by atoms with Gasteiger partial charge in [0.1, 0.15) is 5.71 Å². The lowest BCUT2D eigenvalue weighted by atomic mass is 9.85. The van der Waals surface area contributed by atoms with E-state index in [0.29, 0.717) is 11.3 Å². The molecular weight excluding hydrogens is 300 g/mol. The molecule has 0 aliphatic carbocycles. The number of carbonyl (C=O) groups is 1. The van der Waals surface area contributed by atoms with Crippen LogP contribution in [-0.2, 0) is 14.4 Å². The molecule has 2 aliphatic rings. The van der Waals surface area contributed by atoms with Crippen molar-refractivity contribution in [3.63, 3.8) is 0 Å². The molecule has 1 aromatic rings. The number of hydrogen-bond acceptors (Lipinski definition) is 6. The normalized spacial score (nSPS) is 21.2. The standard InChI is InChI=1S/C16H20N2O3S/c1-16(2,3)14-12(15(19)21-17-14)10-11-4-5-13(22-11)18-6-8-20-9-7-18/h4-5,10H,6-9H2,1-3H3. The topological polar surface area (TPSA) is 51.1 Å². The fraction of sp³-hybridized carbons (Fsp3) is 0.500. The lowest BCUT2D eigenvalue weighted by Crippen LogP contribution is -2.35. The molecule has 0 bridgehead atoms. The zero-order valence-corrected chi connectivity index (χ0v) is 13.9. The average Bonchev–Trinajstić information content (AvgIpc) is 3.08. The number of carbonyl (C=O) groups excluding carboxylic acids is 1. The van der Waals surface area contributed by atoms with Crippen molar-refractivity contribution >= 4 is 34.1 Å². The lowest BCUT2D eigenvalue weighted by molar-refractivity contribution is -0.136. The molecule has 0 amide bonds. The van der Waals surface area contributed by atoms with Gasteiger partial charge in [0.05, 0.1) is 23.8 Å². The van der Waals surface area contributed by atoms with E-state index in [9.17, 15) is 4.79 Å². The van der Waals surface area contributed by atoms with Crippen LogP contribution in [0.2, 0.25) is 0 Å². The number of morpholine rings is 1. The fourth-order valence-corrected chi connectivity index (χ4v) is 3.47. The predicted octanol–water partition coefficient (Wildman–Crippen LogP) is 2.93. The van der Waals surface area contributed by atoms with Crippen LogP contribution in [0.15, 0.2) is 22.9 Å². The maximum atomic E-state index is 11.9. The zero-order valence-electron chi connectivity index (χ0n) is 13.1. The Morgan fingerprint density at radius 2 is 2.00 bits per heavy atom. The Hall–Kier alpha value is -1.66. The van der Waals surface area contributed by atoms with Crippen molar-refractivity contribution in [3.05, 3.63) is 22.6 Å². The number of rotatable bonds is 2. The first-order chi connectivity index (χ1) is 10.4. The summed E-state index contributed by atoms with van der Waals surface area (Å²) in [5.41, 5.74) is 1.05. The Bertz CT molecular complexity index is 634. The van der Waals surface area contributed by atoms with E-state index in [4.69, 9.17) is 9.57 Å². The quantitative estimate of drug-likeness (QED) is 0.621. The number of anilines is 1. The van der Waals surface area contributed by atoms with Crippen LogP contribution in [0, 0.1) is 5.41 Å². The molecule has 1 fully saturated rings. The van der Waals surface area contributed by atoms with Gasteiger partial charge in [-0.2, -0.15) is 0 Å². The molecule has 0 unspecified atom stereocenters. The van der Waals surface area contributed by atoms with Gasteiger partial charge >= 0.3 is 5.97 Å². The van der Waals surface area contributed by atoms with Crippen LogP contribution >= 0.6 is 11.3 Å². The van der Waals surface area contributed by atoms with Crippen LogP contribution in [0.5, 0.6) is 0 Å². The largest absolute Gasteiger partial charge is 0.378 e. The number of nitrogens with zero attached hydrogens (tertiary/aromatic N) is 2. The maximum absolute atomic E-state index is 11.9. The van der Waals surface area contributed by atoms with Crippen molar-refractivity contribution in [1.82, 2.24) is 0 Å². The summed E-state index contributed by atoms with van der Waals surface area (Å²) in [6.45, 7) is 9.42. The van der Waals surface area contributed by atoms with E-state index in [1.807, 2.05) is 32.9 Å². The molecule has 0 N–H and O–H groups in total. The molecule has 0 saturated carbocycles. The first-order valence-electron chi connectivity index (χ1n) is 7.39. The highest BCUT2D eigenvalue weighted by atomic mass is 32.1. The minimum absolute atomic E-state index is 0.220. The second-order valence-corrected chi connectivity index (χ2v) is 7.50. The molecule has 22 heavy (non-hydrogen) atoms. The highest BCUT2D eigenvalue weighted by Gasteiger charge is 2.34. The Kier molecular flexibility index (Phi) is 4.06. The second kappa shape index (κ2) is 5.85. The maximum Gasteiger partial charge on any atom is 0.367 e. The first-order valence-corrected chi connectivity index (χ1v) is 8.21. The Labute approximate surface area is 134 Å². The molecule has 3 rings (SSSR count). The van der Waals surface area contributed by atoms with Crippen molar-refractivity contribution in [2.24, 2.45) is 10.6 Å². The summed E-state index contributed by atoms with van der Waals surface area (Å²) < 4.78 is 5.38. The summed E-state index contributed by atoms with van der Waals surface area (Å²) in [5.74, 6) is -0.369. The van der Waals surface area contributed by atoms with E-state index in [-0.39, 0.29) is 11.4 Å². The highest BCUT2D eigenvalue weighted by molar-refractivity contribution is 7.17. The fourth-order valence-electron chi connectivity index (χ4n) is 2.47. The molecule has 1 aromatic heterocycles. The Morgan fingerprint density at radius 3 is 2.68 bits per heavy atom. The summed E-state index contributed by atoms with van der Waals surface area (Å²) in [6.07, 6.45) is 1.88. The molecule has 2 aliphatic heterocycles. The molecule has 5 nitrogen and oxygen atoms in total. The van der Waals surface area contributed by atoms with Crippen LogP contribution in [0.4, 0.5) is 5.00 Å².